The van der Waals surface area contributed by atoms with Gasteiger partial charge in [0.05, 0.1) is 0 Å². The molecule has 5 aromatic carbocycles. The summed E-state index contributed by atoms with van der Waals surface area (Å²) in [5.41, 5.74) is 7.46. The van der Waals surface area contributed by atoms with Crippen LogP contribution in [0.15, 0.2) is 103 Å². The Morgan fingerprint density at radius 3 is 1.61 bits per heavy atom. The maximum absolute atomic E-state index is 2.60. The second-order valence-corrected chi connectivity index (χ2v) is 12.1. The fourth-order valence-corrected chi connectivity index (χ4v) is 8.66. The molecule has 176 valence electrons. The molecule has 0 amide bonds. The molecule has 4 saturated carbocycles. The van der Waals surface area contributed by atoms with Gasteiger partial charge < -0.3 is 0 Å². The molecule has 0 aliphatic heterocycles. The van der Waals surface area contributed by atoms with E-state index in [1.807, 2.05) is 0 Å². The van der Waals surface area contributed by atoms with Gasteiger partial charge in [-0.2, -0.15) is 0 Å². The Bertz CT molecular complexity index is 1520. The first-order chi connectivity index (χ1) is 17.7. The van der Waals surface area contributed by atoms with Gasteiger partial charge in [0.25, 0.3) is 0 Å². The first kappa shape index (κ1) is 20.8. The Hall–Kier alpha value is -3.38. The SMILES string of the molecule is c1ccc(-c2cc(-c3c4ccccc4cc4ccccc34)cc(C34CC5CC(CC(C5)C3)C4)c2)cc1. The van der Waals surface area contributed by atoms with Gasteiger partial charge in [0.15, 0.2) is 0 Å². The number of fused-ring (bicyclic) bond motifs is 2. The van der Waals surface area contributed by atoms with E-state index in [9.17, 15) is 0 Å². The standard InChI is InChI=1S/C36H32/c1-2-8-27(9-3-1)30-18-31(20-32(19-30)36-21-24-14-25(22-36)16-26(15-24)23-36)35-33-12-6-4-10-28(33)17-29-11-5-7-13-34(29)35/h1-13,17-20,24-26H,14-16,21-23H2. The van der Waals surface area contributed by atoms with E-state index in [0.29, 0.717) is 5.41 Å². The van der Waals surface area contributed by atoms with Crippen molar-refractivity contribution in [2.24, 2.45) is 17.8 Å². The summed E-state index contributed by atoms with van der Waals surface area (Å²) in [5.74, 6) is 2.83. The number of benzene rings is 5. The zero-order valence-corrected chi connectivity index (χ0v) is 20.8. The molecule has 4 bridgehead atoms. The molecule has 0 spiro atoms. The van der Waals surface area contributed by atoms with Crippen molar-refractivity contribution in [2.75, 3.05) is 0 Å². The molecule has 0 radical (unpaired) electrons. The van der Waals surface area contributed by atoms with Crippen LogP contribution in [0.4, 0.5) is 0 Å². The van der Waals surface area contributed by atoms with Gasteiger partial charge in [0, 0.05) is 0 Å². The van der Waals surface area contributed by atoms with Crippen molar-refractivity contribution in [3.05, 3.63) is 109 Å². The molecule has 4 fully saturated rings. The van der Waals surface area contributed by atoms with Crippen molar-refractivity contribution in [1.29, 1.82) is 0 Å². The van der Waals surface area contributed by atoms with Gasteiger partial charge >= 0.3 is 0 Å². The molecule has 0 heteroatoms. The molecular weight excluding hydrogens is 432 g/mol. The molecule has 9 rings (SSSR count). The lowest BCUT2D eigenvalue weighted by atomic mass is 9.48. The molecule has 0 nitrogen and oxygen atoms in total. The molecule has 5 aromatic rings. The van der Waals surface area contributed by atoms with E-state index < -0.39 is 0 Å². The Kier molecular flexibility index (Phi) is 4.51. The van der Waals surface area contributed by atoms with Crippen LogP contribution in [0, 0.1) is 17.8 Å². The van der Waals surface area contributed by atoms with Gasteiger partial charge in [-0.25, -0.2) is 0 Å². The van der Waals surface area contributed by atoms with Crippen LogP contribution in [0.3, 0.4) is 0 Å². The molecular formula is C36H32. The normalized spacial score (nSPS) is 26.6. The van der Waals surface area contributed by atoms with Gasteiger partial charge in [0.1, 0.15) is 0 Å². The van der Waals surface area contributed by atoms with Gasteiger partial charge in [0.2, 0.25) is 0 Å². The third-order valence-electron chi connectivity index (χ3n) is 9.75. The zero-order chi connectivity index (χ0) is 23.7. The number of hydrogen-bond acceptors (Lipinski definition) is 0. The highest BCUT2D eigenvalue weighted by Crippen LogP contribution is 2.61. The second-order valence-electron chi connectivity index (χ2n) is 12.1. The largest absolute Gasteiger partial charge is 0.0622 e. The lowest BCUT2D eigenvalue weighted by Gasteiger charge is -2.57. The minimum atomic E-state index is 0.370. The minimum Gasteiger partial charge on any atom is -0.0622 e. The Labute approximate surface area is 214 Å². The summed E-state index contributed by atoms with van der Waals surface area (Å²) in [7, 11) is 0. The van der Waals surface area contributed by atoms with Crippen molar-refractivity contribution in [3.8, 4) is 22.3 Å². The summed E-state index contributed by atoms with van der Waals surface area (Å²) in [6, 6.07) is 39.0. The molecule has 0 unspecified atom stereocenters. The van der Waals surface area contributed by atoms with Crippen molar-refractivity contribution >= 4 is 21.5 Å². The highest BCUT2D eigenvalue weighted by molar-refractivity contribution is 6.13. The smallest absolute Gasteiger partial charge is 0.00265 e. The van der Waals surface area contributed by atoms with E-state index >= 15 is 0 Å². The van der Waals surface area contributed by atoms with Gasteiger partial charge in [-0.3, -0.25) is 0 Å². The summed E-state index contributed by atoms with van der Waals surface area (Å²) in [6.07, 6.45) is 8.64. The molecule has 0 aromatic heterocycles. The van der Waals surface area contributed by atoms with Crippen LogP contribution in [-0.4, -0.2) is 0 Å². The van der Waals surface area contributed by atoms with Crippen LogP contribution in [0.5, 0.6) is 0 Å². The third kappa shape index (κ3) is 3.20. The van der Waals surface area contributed by atoms with Crippen LogP contribution < -0.4 is 0 Å². The molecule has 0 saturated heterocycles. The average molecular weight is 465 g/mol. The van der Waals surface area contributed by atoms with E-state index in [-0.39, 0.29) is 0 Å². The second kappa shape index (κ2) is 7.81. The first-order valence-corrected chi connectivity index (χ1v) is 13.9. The summed E-state index contributed by atoms with van der Waals surface area (Å²) in [6.45, 7) is 0. The molecule has 0 heterocycles. The van der Waals surface area contributed by atoms with Crippen molar-refractivity contribution in [1.82, 2.24) is 0 Å². The lowest BCUT2D eigenvalue weighted by Crippen LogP contribution is -2.48. The van der Waals surface area contributed by atoms with E-state index in [4.69, 9.17) is 0 Å². The van der Waals surface area contributed by atoms with Crippen LogP contribution >= 0.6 is 0 Å². The summed E-state index contributed by atoms with van der Waals surface area (Å²) in [4.78, 5) is 0. The van der Waals surface area contributed by atoms with E-state index in [0.717, 1.165) is 17.8 Å². The third-order valence-corrected chi connectivity index (χ3v) is 9.75. The van der Waals surface area contributed by atoms with Crippen molar-refractivity contribution in [2.45, 2.75) is 43.9 Å². The van der Waals surface area contributed by atoms with Crippen LogP contribution in [0.1, 0.15) is 44.1 Å². The Morgan fingerprint density at radius 1 is 0.472 bits per heavy atom. The maximum atomic E-state index is 2.60. The van der Waals surface area contributed by atoms with Gasteiger partial charge in [-0.15, -0.1) is 0 Å². The number of hydrogen-bond donors (Lipinski definition) is 0. The first-order valence-electron chi connectivity index (χ1n) is 13.9. The minimum absolute atomic E-state index is 0.370. The Morgan fingerprint density at radius 2 is 1.00 bits per heavy atom. The van der Waals surface area contributed by atoms with Crippen molar-refractivity contribution in [3.63, 3.8) is 0 Å². The zero-order valence-electron chi connectivity index (χ0n) is 20.8. The number of rotatable bonds is 3. The molecule has 36 heavy (non-hydrogen) atoms. The molecule has 0 N–H and O–H groups in total. The van der Waals surface area contributed by atoms with Crippen LogP contribution in [0.25, 0.3) is 43.8 Å². The quantitative estimate of drug-likeness (QED) is 0.233. The lowest BCUT2D eigenvalue weighted by molar-refractivity contribution is -0.00515. The fourth-order valence-electron chi connectivity index (χ4n) is 8.66. The predicted octanol–water partition coefficient (Wildman–Crippen LogP) is 9.79. The predicted molar refractivity (Wildman–Crippen MR) is 152 cm³/mol. The average Bonchev–Trinajstić information content (AvgIpc) is 2.91. The van der Waals surface area contributed by atoms with Gasteiger partial charge in [-0.1, -0.05) is 91.0 Å². The van der Waals surface area contributed by atoms with E-state index in [2.05, 4.69) is 103 Å². The van der Waals surface area contributed by atoms with Crippen LogP contribution in [-0.2, 0) is 5.41 Å². The molecule has 4 aliphatic rings. The van der Waals surface area contributed by atoms with E-state index in [1.54, 1.807) is 5.56 Å². The molecule has 4 aliphatic carbocycles. The topological polar surface area (TPSA) is 0 Å². The van der Waals surface area contributed by atoms with E-state index in [1.165, 1.54) is 82.3 Å². The fraction of sp³-hybridized carbons (Fsp3) is 0.278. The highest BCUT2D eigenvalue weighted by atomic mass is 14.6. The highest BCUT2D eigenvalue weighted by Gasteiger charge is 2.51. The summed E-state index contributed by atoms with van der Waals surface area (Å²) < 4.78 is 0. The van der Waals surface area contributed by atoms with Gasteiger partial charge in [-0.05, 0) is 123 Å². The maximum Gasteiger partial charge on any atom is -0.00265 e. The monoisotopic (exact) mass is 464 g/mol. The summed E-state index contributed by atoms with van der Waals surface area (Å²) in [5, 5.41) is 5.37. The van der Waals surface area contributed by atoms with Crippen molar-refractivity contribution < 1.29 is 0 Å². The Balaban J connectivity index is 1.42. The van der Waals surface area contributed by atoms with Crippen LogP contribution in [0.2, 0.25) is 0 Å². The molecule has 0 atom stereocenters. The summed E-state index contributed by atoms with van der Waals surface area (Å²) >= 11 is 0.